The largest absolute Gasteiger partial charge is 0.508 e. The minimum Gasteiger partial charge on any atom is -0.508 e. The van der Waals surface area contributed by atoms with Crippen molar-refractivity contribution in [2.75, 3.05) is 0 Å². The number of benzene rings is 1. The van der Waals surface area contributed by atoms with Crippen LogP contribution in [-0.2, 0) is 0 Å². The topological polar surface area (TPSA) is 126 Å². The number of pyridine rings is 1. The highest BCUT2D eigenvalue weighted by molar-refractivity contribution is 5.87. The van der Waals surface area contributed by atoms with Gasteiger partial charge in [0.15, 0.2) is 5.65 Å². The van der Waals surface area contributed by atoms with Gasteiger partial charge in [-0.1, -0.05) is 0 Å². The Morgan fingerprint density at radius 3 is 2.70 bits per heavy atom. The Labute approximate surface area is 155 Å². The molecule has 5 N–H and O–H groups in total. The molecule has 140 valence electrons. The number of carbonyl (C=O) groups is 1. The van der Waals surface area contributed by atoms with Gasteiger partial charge in [-0.25, -0.2) is 9.78 Å². The van der Waals surface area contributed by atoms with Crippen molar-refractivity contribution in [2.45, 2.75) is 37.8 Å². The van der Waals surface area contributed by atoms with Crippen LogP contribution in [0.15, 0.2) is 36.5 Å². The number of hydrogen-bond donors (Lipinski definition) is 4. The molecule has 2 heterocycles. The van der Waals surface area contributed by atoms with Crippen molar-refractivity contribution in [3.8, 4) is 22.8 Å². The Morgan fingerprint density at radius 1 is 1.22 bits per heavy atom. The lowest BCUT2D eigenvalue weighted by molar-refractivity contribution is 0.191. The number of aromatic hydroxyl groups is 1. The number of rotatable bonds is 3. The van der Waals surface area contributed by atoms with E-state index in [9.17, 15) is 9.90 Å². The van der Waals surface area contributed by atoms with E-state index in [1.54, 1.807) is 36.5 Å². The third kappa shape index (κ3) is 3.85. The molecule has 0 saturated heterocycles. The maximum Gasteiger partial charge on any atom is 0.412 e. The standard InChI is InChI=1S/C19H21N5O3/c20-12-3-5-13(6-4-12)22-19(26)27-17-9-16(11-1-7-14(25)8-2-11)23-18-15(17)10-21-24-18/h1-2,7-10,12-13,25H,3-6,20H2,(H,22,26)(H,21,23,24)/t12-,13-. The zero-order chi connectivity index (χ0) is 18.8. The average Bonchev–Trinajstić information content (AvgIpc) is 3.13. The molecule has 1 fully saturated rings. The molecule has 1 amide bonds. The second kappa shape index (κ2) is 7.24. The van der Waals surface area contributed by atoms with Crippen molar-refractivity contribution >= 4 is 17.1 Å². The summed E-state index contributed by atoms with van der Waals surface area (Å²) in [7, 11) is 0. The van der Waals surface area contributed by atoms with Crippen LogP contribution in [0.5, 0.6) is 11.5 Å². The van der Waals surface area contributed by atoms with Gasteiger partial charge < -0.3 is 20.9 Å². The molecule has 0 atom stereocenters. The number of phenols is 1. The summed E-state index contributed by atoms with van der Waals surface area (Å²) in [6, 6.07) is 8.64. The van der Waals surface area contributed by atoms with Gasteiger partial charge in [0.25, 0.3) is 0 Å². The van der Waals surface area contributed by atoms with Crippen molar-refractivity contribution in [3.05, 3.63) is 36.5 Å². The van der Waals surface area contributed by atoms with E-state index in [1.807, 2.05) is 0 Å². The highest BCUT2D eigenvalue weighted by Gasteiger charge is 2.21. The molecular weight excluding hydrogens is 346 g/mol. The summed E-state index contributed by atoms with van der Waals surface area (Å²) < 4.78 is 5.57. The molecule has 0 unspecified atom stereocenters. The Kier molecular flexibility index (Phi) is 4.64. The van der Waals surface area contributed by atoms with Crippen molar-refractivity contribution in [1.29, 1.82) is 0 Å². The summed E-state index contributed by atoms with van der Waals surface area (Å²) >= 11 is 0. The van der Waals surface area contributed by atoms with Crippen LogP contribution in [0.4, 0.5) is 4.79 Å². The number of nitrogens with two attached hydrogens (primary N) is 1. The van der Waals surface area contributed by atoms with Crippen molar-refractivity contribution in [3.63, 3.8) is 0 Å². The van der Waals surface area contributed by atoms with Gasteiger partial charge in [0.05, 0.1) is 17.3 Å². The third-order valence-electron chi connectivity index (χ3n) is 4.84. The van der Waals surface area contributed by atoms with Gasteiger partial charge in [-0.3, -0.25) is 5.10 Å². The van der Waals surface area contributed by atoms with Gasteiger partial charge in [-0.2, -0.15) is 5.10 Å². The first-order chi connectivity index (χ1) is 13.1. The predicted octanol–water partition coefficient (Wildman–Crippen LogP) is 2.69. The Bertz CT molecular complexity index is 946. The summed E-state index contributed by atoms with van der Waals surface area (Å²) in [5.41, 5.74) is 7.82. The Hall–Kier alpha value is -3.13. The number of hydrogen-bond acceptors (Lipinski definition) is 6. The molecule has 1 aliphatic carbocycles. The van der Waals surface area contributed by atoms with Crippen LogP contribution in [0.25, 0.3) is 22.3 Å². The number of carbonyl (C=O) groups excluding carboxylic acids is 1. The van der Waals surface area contributed by atoms with Gasteiger partial charge in [0.2, 0.25) is 0 Å². The molecule has 27 heavy (non-hydrogen) atoms. The van der Waals surface area contributed by atoms with E-state index >= 15 is 0 Å². The summed E-state index contributed by atoms with van der Waals surface area (Å²) in [5.74, 6) is 0.547. The summed E-state index contributed by atoms with van der Waals surface area (Å²) in [6.45, 7) is 0. The number of aromatic nitrogens is 3. The van der Waals surface area contributed by atoms with Crippen LogP contribution in [0, 0.1) is 0 Å². The first kappa shape index (κ1) is 17.3. The Morgan fingerprint density at radius 2 is 1.96 bits per heavy atom. The lowest BCUT2D eigenvalue weighted by Crippen LogP contribution is -2.41. The average molecular weight is 367 g/mol. The molecule has 8 heteroatoms. The second-order valence-electron chi connectivity index (χ2n) is 6.83. The lowest BCUT2D eigenvalue weighted by Gasteiger charge is -2.26. The monoisotopic (exact) mass is 367 g/mol. The minimum atomic E-state index is -0.499. The molecule has 1 saturated carbocycles. The molecule has 0 aliphatic heterocycles. The van der Waals surface area contributed by atoms with Gasteiger partial charge >= 0.3 is 6.09 Å². The van der Waals surface area contributed by atoms with Crippen molar-refractivity contribution in [2.24, 2.45) is 5.73 Å². The maximum atomic E-state index is 12.4. The summed E-state index contributed by atoms with van der Waals surface area (Å²) in [6.07, 6.45) is 4.58. The number of ether oxygens (including phenoxy) is 1. The van der Waals surface area contributed by atoms with E-state index in [2.05, 4.69) is 20.5 Å². The van der Waals surface area contributed by atoms with E-state index in [-0.39, 0.29) is 17.8 Å². The summed E-state index contributed by atoms with van der Waals surface area (Å²) in [5, 5.41) is 19.8. The van der Waals surface area contributed by atoms with Crippen LogP contribution in [0.1, 0.15) is 25.7 Å². The Balaban J connectivity index is 1.56. The zero-order valence-corrected chi connectivity index (χ0v) is 14.7. The van der Waals surface area contributed by atoms with Gasteiger partial charge in [0.1, 0.15) is 11.5 Å². The molecule has 4 rings (SSSR count). The van der Waals surface area contributed by atoms with Crippen LogP contribution < -0.4 is 15.8 Å². The summed E-state index contributed by atoms with van der Waals surface area (Å²) in [4.78, 5) is 16.9. The van der Waals surface area contributed by atoms with Crippen LogP contribution >= 0.6 is 0 Å². The SMILES string of the molecule is N[C@H]1CC[C@H](NC(=O)Oc2cc(-c3ccc(O)cc3)nc3[nH]ncc23)CC1. The predicted molar refractivity (Wildman–Crippen MR) is 100 cm³/mol. The fourth-order valence-electron chi connectivity index (χ4n) is 3.32. The number of aromatic amines is 1. The molecule has 3 aromatic rings. The first-order valence-corrected chi connectivity index (χ1v) is 8.96. The number of amides is 1. The van der Waals surface area contributed by atoms with Gasteiger partial charge in [0, 0.05) is 23.7 Å². The minimum absolute atomic E-state index is 0.0792. The second-order valence-corrected chi connectivity index (χ2v) is 6.83. The first-order valence-electron chi connectivity index (χ1n) is 8.96. The molecule has 0 bridgehead atoms. The van der Waals surface area contributed by atoms with E-state index in [1.165, 1.54) is 0 Å². The lowest BCUT2D eigenvalue weighted by atomic mass is 9.92. The van der Waals surface area contributed by atoms with E-state index in [0.29, 0.717) is 22.5 Å². The molecule has 0 radical (unpaired) electrons. The molecule has 1 aromatic carbocycles. The van der Waals surface area contributed by atoms with Crippen molar-refractivity contribution < 1.29 is 14.6 Å². The van der Waals surface area contributed by atoms with E-state index in [0.717, 1.165) is 31.2 Å². The smallest absolute Gasteiger partial charge is 0.412 e. The van der Waals surface area contributed by atoms with Crippen LogP contribution in [0.3, 0.4) is 0 Å². The zero-order valence-electron chi connectivity index (χ0n) is 14.7. The fraction of sp³-hybridized carbons (Fsp3) is 0.316. The number of nitrogens with zero attached hydrogens (tertiary/aromatic N) is 2. The molecule has 8 nitrogen and oxygen atoms in total. The quantitative estimate of drug-likeness (QED) is 0.564. The van der Waals surface area contributed by atoms with E-state index < -0.39 is 6.09 Å². The maximum absolute atomic E-state index is 12.4. The highest BCUT2D eigenvalue weighted by atomic mass is 16.6. The van der Waals surface area contributed by atoms with Gasteiger partial charge in [-0.05, 0) is 49.9 Å². The molecular formula is C19H21N5O3. The molecule has 1 aliphatic rings. The highest BCUT2D eigenvalue weighted by Crippen LogP contribution is 2.30. The fourth-order valence-corrected chi connectivity index (χ4v) is 3.32. The normalized spacial score (nSPS) is 19.7. The van der Waals surface area contributed by atoms with Crippen molar-refractivity contribution in [1.82, 2.24) is 20.5 Å². The number of phenolic OH excluding ortho intramolecular Hbond substituents is 1. The molecule has 2 aromatic heterocycles. The molecule has 0 spiro atoms. The van der Waals surface area contributed by atoms with Gasteiger partial charge in [-0.15, -0.1) is 0 Å². The van der Waals surface area contributed by atoms with E-state index in [4.69, 9.17) is 10.5 Å². The number of H-pyrrole nitrogens is 1. The van der Waals surface area contributed by atoms with Crippen LogP contribution in [-0.4, -0.2) is 38.5 Å². The third-order valence-corrected chi connectivity index (χ3v) is 4.84. The number of fused-ring (bicyclic) bond motifs is 1. The number of nitrogens with one attached hydrogen (secondary N) is 2. The van der Waals surface area contributed by atoms with Crippen LogP contribution in [0.2, 0.25) is 0 Å².